The number of hydrogen-bond donors (Lipinski definition) is 1. The predicted octanol–water partition coefficient (Wildman–Crippen LogP) is 3.92. The van der Waals surface area contributed by atoms with Gasteiger partial charge in [0.25, 0.3) is 0 Å². The highest BCUT2D eigenvalue weighted by atomic mass is 16.5. The molecular weight excluding hydrogens is 238 g/mol. The number of unbranched alkanes of at least 4 members (excludes halogenated alkanes) is 1. The van der Waals surface area contributed by atoms with Crippen LogP contribution in [0, 0.1) is 0 Å². The lowest BCUT2D eigenvalue weighted by molar-refractivity contribution is 0.405. The number of aromatic hydroxyl groups is 1. The number of phenolic OH excluding ortho intramolecular Hbond substituents is 1. The van der Waals surface area contributed by atoms with Crippen LogP contribution in [0.15, 0.2) is 17.1 Å². The fourth-order valence-corrected chi connectivity index (χ4v) is 1.83. The molecule has 1 aromatic rings. The van der Waals surface area contributed by atoms with Gasteiger partial charge in [-0.3, -0.25) is 4.99 Å². The molecule has 0 saturated carbocycles. The monoisotopic (exact) mass is 263 g/mol. The minimum atomic E-state index is -0.134. The van der Waals surface area contributed by atoms with Gasteiger partial charge in [0, 0.05) is 23.9 Å². The largest absolute Gasteiger partial charge is 0.507 e. The number of aliphatic imine (C=N–C) groups is 1. The first-order valence-corrected chi connectivity index (χ1v) is 6.81. The van der Waals surface area contributed by atoms with E-state index in [0.29, 0.717) is 5.75 Å². The Morgan fingerprint density at radius 3 is 2.53 bits per heavy atom. The summed E-state index contributed by atoms with van der Waals surface area (Å²) in [6.07, 6.45) is 3.92. The lowest BCUT2D eigenvalue weighted by Gasteiger charge is -2.22. The van der Waals surface area contributed by atoms with Crippen LogP contribution in [-0.2, 0) is 5.41 Å². The normalized spacial score (nSPS) is 12.1. The van der Waals surface area contributed by atoms with E-state index >= 15 is 0 Å². The van der Waals surface area contributed by atoms with Gasteiger partial charge >= 0.3 is 0 Å². The quantitative estimate of drug-likeness (QED) is 0.646. The maximum atomic E-state index is 10.4. The molecule has 1 N–H and O–H groups in total. The number of ether oxygens (including phenoxy) is 1. The van der Waals surface area contributed by atoms with E-state index in [1.54, 1.807) is 13.3 Å². The second kappa shape index (κ2) is 6.60. The van der Waals surface area contributed by atoms with Gasteiger partial charge in [0.05, 0.1) is 7.11 Å². The number of rotatable bonds is 5. The van der Waals surface area contributed by atoms with Crippen LogP contribution < -0.4 is 4.74 Å². The average molecular weight is 263 g/mol. The Labute approximate surface area is 116 Å². The molecule has 0 aromatic heterocycles. The Morgan fingerprint density at radius 1 is 1.32 bits per heavy atom. The first-order chi connectivity index (χ1) is 8.90. The fourth-order valence-electron chi connectivity index (χ4n) is 1.83. The summed E-state index contributed by atoms with van der Waals surface area (Å²) < 4.78 is 5.30. The first kappa shape index (κ1) is 15.5. The topological polar surface area (TPSA) is 41.8 Å². The zero-order valence-corrected chi connectivity index (χ0v) is 12.7. The summed E-state index contributed by atoms with van der Waals surface area (Å²) in [6, 6.07) is 3.71. The van der Waals surface area contributed by atoms with Gasteiger partial charge in [0.2, 0.25) is 0 Å². The van der Waals surface area contributed by atoms with Crippen molar-refractivity contribution in [2.24, 2.45) is 4.99 Å². The minimum Gasteiger partial charge on any atom is -0.507 e. The molecule has 0 saturated heterocycles. The van der Waals surface area contributed by atoms with Gasteiger partial charge in [0.15, 0.2) is 0 Å². The van der Waals surface area contributed by atoms with Crippen LogP contribution in [0.2, 0.25) is 0 Å². The van der Waals surface area contributed by atoms with E-state index in [0.717, 1.165) is 36.3 Å². The minimum absolute atomic E-state index is 0.134. The van der Waals surface area contributed by atoms with Crippen molar-refractivity contribution < 1.29 is 9.84 Å². The van der Waals surface area contributed by atoms with Gasteiger partial charge < -0.3 is 9.84 Å². The Kier molecular flexibility index (Phi) is 5.40. The Hall–Kier alpha value is -1.51. The summed E-state index contributed by atoms with van der Waals surface area (Å²) in [6.45, 7) is 9.13. The van der Waals surface area contributed by atoms with Crippen molar-refractivity contribution in [1.29, 1.82) is 0 Å². The summed E-state index contributed by atoms with van der Waals surface area (Å²) in [4.78, 5) is 4.35. The summed E-state index contributed by atoms with van der Waals surface area (Å²) in [5.41, 5.74) is 1.47. The smallest absolute Gasteiger partial charge is 0.128 e. The Balaban J connectivity index is 3.13. The number of nitrogens with zero attached hydrogens (tertiary/aromatic N) is 1. The third kappa shape index (κ3) is 4.27. The summed E-state index contributed by atoms with van der Waals surface area (Å²) >= 11 is 0. The molecule has 3 nitrogen and oxygen atoms in total. The maximum absolute atomic E-state index is 10.4. The van der Waals surface area contributed by atoms with Crippen LogP contribution in [0.25, 0.3) is 0 Å². The van der Waals surface area contributed by atoms with Gasteiger partial charge in [-0.15, -0.1) is 0 Å². The molecule has 0 fully saturated rings. The molecule has 3 heteroatoms. The van der Waals surface area contributed by atoms with Crippen molar-refractivity contribution in [1.82, 2.24) is 0 Å². The molecule has 0 aliphatic heterocycles. The molecule has 0 amide bonds. The molecule has 0 atom stereocenters. The number of phenols is 1. The molecule has 0 bridgehead atoms. The third-order valence-corrected chi connectivity index (χ3v) is 3.03. The van der Waals surface area contributed by atoms with Crippen LogP contribution in [0.4, 0.5) is 0 Å². The highest BCUT2D eigenvalue weighted by Gasteiger charge is 2.21. The maximum Gasteiger partial charge on any atom is 0.128 e. The van der Waals surface area contributed by atoms with E-state index in [9.17, 15) is 5.11 Å². The standard InChI is InChI=1S/C16H25NO2/c1-6-7-8-17-11-12-9-13(19-5)10-14(15(12)18)16(2,3)4/h9-11,18H,6-8H2,1-5H3. The van der Waals surface area contributed by atoms with Gasteiger partial charge in [-0.05, 0) is 24.0 Å². The van der Waals surface area contributed by atoms with Crippen LogP contribution in [0.3, 0.4) is 0 Å². The molecule has 1 rings (SSSR count). The van der Waals surface area contributed by atoms with E-state index in [4.69, 9.17) is 4.74 Å². The molecule has 19 heavy (non-hydrogen) atoms. The summed E-state index contributed by atoms with van der Waals surface area (Å²) in [5.74, 6) is 1.05. The van der Waals surface area contributed by atoms with Crippen molar-refractivity contribution in [2.75, 3.05) is 13.7 Å². The van der Waals surface area contributed by atoms with Crippen LogP contribution in [-0.4, -0.2) is 25.0 Å². The molecule has 0 aliphatic rings. The predicted molar refractivity (Wildman–Crippen MR) is 80.7 cm³/mol. The zero-order valence-electron chi connectivity index (χ0n) is 12.7. The van der Waals surface area contributed by atoms with E-state index < -0.39 is 0 Å². The average Bonchev–Trinajstić information content (AvgIpc) is 2.35. The van der Waals surface area contributed by atoms with E-state index in [2.05, 4.69) is 32.7 Å². The van der Waals surface area contributed by atoms with Crippen molar-refractivity contribution in [3.8, 4) is 11.5 Å². The highest BCUT2D eigenvalue weighted by molar-refractivity contribution is 5.85. The Bertz CT molecular complexity index is 445. The third-order valence-electron chi connectivity index (χ3n) is 3.03. The summed E-state index contributed by atoms with van der Waals surface area (Å²) in [7, 11) is 1.64. The lowest BCUT2D eigenvalue weighted by atomic mass is 9.85. The number of benzene rings is 1. The van der Waals surface area contributed by atoms with Crippen molar-refractivity contribution in [2.45, 2.75) is 46.0 Å². The van der Waals surface area contributed by atoms with Crippen molar-refractivity contribution in [3.63, 3.8) is 0 Å². The zero-order chi connectivity index (χ0) is 14.5. The van der Waals surface area contributed by atoms with E-state index in [-0.39, 0.29) is 5.41 Å². The van der Waals surface area contributed by atoms with Gasteiger partial charge in [0.1, 0.15) is 11.5 Å². The second-order valence-corrected chi connectivity index (χ2v) is 5.75. The van der Waals surface area contributed by atoms with E-state index in [1.165, 1.54) is 0 Å². The van der Waals surface area contributed by atoms with Crippen LogP contribution in [0.5, 0.6) is 11.5 Å². The van der Waals surface area contributed by atoms with Crippen LogP contribution >= 0.6 is 0 Å². The van der Waals surface area contributed by atoms with Gasteiger partial charge in [-0.1, -0.05) is 34.1 Å². The molecule has 0 aliphatic carbocycles. The number of hydrogen-bond acceptors (Lipinski definition) is 3. The van der Waals surface area contributed by atoms with Crippen molar-refractivity contribution in [3.05, 3.63) is 23.3 Å². The molecule has 0 heterocycles. The van der Waals surface area contributed by atoms with Gasteiger partial charge in [-0.2, -0.15) is 0 Å². The molecular formula is C16H25NO2. The molecule has 0 radical (unpaired) electrons. The van der Waals surface area contributed by atoms with Crippen LogP contribution in [0.1, 0.15) is 51.7 Å². The first-order valence-electron chi connectivity index (χ1n) is 6.81. The second-order valence-electron chi connectivity index (χ2n) is 5.75. The highest BCUT2D eigenvalue weighted by Crippen LogP contribution is 2.35. The lowest BCUT2D eigenvalue weighted by Crippen LogP contribution is -2.12. The molecule has 0 spiro atoms. The van der Waals surface area contributed by atoms with E-state index in [1.807, 2.05) is 12.1 Å². The molecule has 0 unspecified atom stereocenters. The number of methoxy groups -OCH3 is 1. The van der Waals surface area contributed by atoms with Crippen molar-refractivity contribution >= 4 is 6.21 Å². The SMILES string of the molecule is CCCCN=Cc1cc(OC)cc(C(C)(C)C)c1O. The Morgan fingerprint density at radius 2 is 2.00 bits per heavy atom. The molecule has 106 valence electrons. The van der Waals surface area contributed by atoms with Gasteiger partial charge in [-0.25, -0.2) is 0 Å². The molecule has 1 aromatic carbocycles. The summed E-state index contributed by atoms with van der Waals surface area (Å²) in [5, 5.41) is 10.4. The fraction of sp³-hybridized carbons (Fsp3) is 0.562.